The molecule has 4 heteroatoms. The first kappa shape index (κ1) is 10.6. The van der Waals surface area contributed by atoms with Crippen LogP contribution in [0.15, 0.2) is 12.4 Å². The molecule has 1 aromatic heterocycles. The number of aromatic nitrogens is 2. The molecule has 1 fully saturated rings. The number of hydrogen-bond donors (Lipinski definition) is 1. The minimum Gasteiger partial charge on any atom is -0.328 e. The Morgan fingerprint density at radius 1 is 1.47 bits per heavy atom. The maximum absolute atomic E-state index is 5.87. The molecule has 0 aliphatic carbocycles. The highest BCUT2D eigenvalue weighted by molar-refractivity contribution is 5.03. The highest BCUT2D eigenvalue weighted by atomic mass is 15.3. The minimum atomic E-state index is 0.416. The van der Waals surface area contributed by atoms with Crippen LogP contribution in [0.3, 0.4) is 0 Å². The van der Waals surface area contributed by atoms with E-state index in [-0.39, 0.29) is 0 Å². The molecule has 15 heavy (non-hydrogen) atoms. The molecule has 0 radical (unpaired) electrons. The summed E-state index contributed by atoms with van der Waals surface area (Å²) in [5.41, 5.74) is 7.19. The van der Waals surface area contributed by atoms with E-state index in [0.29, 0.717) is 6.04 Å². The molecule has 1 aliphatic rings. The molecule has 1 saturated heterocycles. The lowest BCUT2D eigenvalue weighted by atomic mass is 10.1. The maximum atomic E-state index is 5.87. The summed E-state index contributed by atoms with van der Waals surface area (Å²) in [6.07, 6.45) is 6.36. The summed E-state index contributed by atoms with van der Waals surface area (Å²) >= 11 is 0. The molecule has 2 N–H and O–H groups in total. The molecule has 0 bridgehead atoms. The van der Waals surface area contributed by atoms with E-state index in [2.05, 4.69) is 23.1 Å². The van der Waals surface area contributed by atoms with Crippen LogP contribution in [0.25, 0.3) is 0 Å². The van der Waals surface area contributed by atoms with Crippen LogP contribution in [0.2, 0.25) is 0 Å². The summed E-state index contributed by atoms with van der Waals surface area (Å²) in [4.78, 5) is 2.46. The Kier molecular flexibility index (Phi) is 3.38. The van der Waals surface area contributed by atoms with Gasteiger partial charge in [-0.05, 0) is 32.9 Å². The Bertz CT molecular complexity index is 299. The SMILES string of the molecule is CCn1cc(CN2CCC(N)CC2)cn1. The van der Waals surface area contributed by atoms with Crippen molar-refractivity contribution in [1.82, 2.24) is 14.7 Å². The van der Waals surface area contributed by atoms with E-state index in [9.17, 15) is 0 Å². The van der Waals surface area contributed by atoms with Crippen molar-refractivity contribution < 1.29 is 0 Å². The van der Waals surface area contributed by atoms with E-state index in [1.807, 2.05) is 10.9 Å². The normalized spacial score (nSPS) is 19.6. The predicted octanol–water partition coefficient (Wildman–Crippen LogP) is 0.826. The molecule has 0 saturated carbocycles. The number of aryl methyl sites for hydroxylation is 1. The number of nitrogens with zero attached hydrogens (tertiary/aromatic N) is 3. The molecule has 2 rings (SSSR count). The van der Waals surface area contributed by atoms with Gasteiger partial charge in [0.15, 0.2) is 0 Å². The Labute approximate surface area is 91.1 Å². The smallest absolute Gasteiger partial charge is 0.0534 e. The van der Waals surface area contributed by atoms with Crippen molar-refractivity contribution in [2.24, 2.45) is 5.73 Å². The van der Waals surface area contributed by atoms with E-state index in [1.165, 1.54) is 5.56 Å². The van der Waals surface area contributed by atoms with Gasteiger partial charge in [-0.2, -0.15) is 5.10 Å². The van der Waals surface area contributed by atoms with Gasteiger partial charge in [0.1, 0.15) is 0 Å². The molecule has 84 valence electrons. The Morgan fingerprint density at radius 3 is 2.80 bits per heavy atom. The van der Waals surface area contributed by atoms with Crippen molar-refractivity contribution in [3.63, 3.8) is 0 Å². The van der Waals surface area contributed by atoms with Gasteiger partial charge in [-0.1, -0.05) is 0 Å². The van der Waals surface area contributed by atoms with Crippen molar-refractivity contribution in [3.05, 3.63) is 18.0 Å². The summed E-state index contributed by atoms with van der Waals surface area (Å²) in [5.74, 6) is 0. The first-order valence-corrected chi connectivity index (χ1v) is 5.77. The van der Waals surface area contributed by atoms with E-state index < -0.39 is 0 Å². The fraction of sp³-hybridized carbons (Fsp3) is 0.727. The van der Waals surface area contributed by atoms with Gasteiger partial charge < -0.3 is 5.73 Å². The van der Waals surface area contributed by atoms with Crippen LogP contribution in [0.4, 0.5) is 0 Å². The van der Waals surface area contributed by atoms with Crippen LogP contribution < -0.4 is 5.73 Å². The van der Waals surface area contributed by atoms with Crippen molar-refractivity contribution >= 4 is 0 Å². The van der Waals surface area contributed by atoms with Crippen LogP contribution in [-0.4, -0.2) is 33.8 Å². The number of likely N-dealkylation sites (tertiary alicyclic amines) is 1. The molecular formula is C11H20N4. The molecule has 0 unspecified atom stereocenters. The van der Waals surface area contributed by atoms with Crippen molar-refractivity contribution in [1.29, 1.82) is 0 Å². The average molecular weight is 208 g/mol. The fourth-order valence-electron chi connectivity index (χ4n) is 2.03. The zero-order chi connectivity index (χ0) is 10.7. The number of rotatable bonds is 3. The quantitative estimate of drug-likeness (QED) is 0.800. The zero-order valence-corrected chi connectivity index (χ0v) is 9.39. The van der Waals surface area contributed by atoms with Crippen LogP contribution in [0, 0.1) is 0 Å². The van der Waals surface area contributed by atoms with Gasteiger partial charge in [0.25, 0.3) is 0 Å². The van der Waals surface area contributed by atoms with Gasteiger partial charge in [-0.15, -0.1) is 0 Å². The second kappa shape index (κ2) is 4.77. The summed E-state index contributed by atoms with van der Waals surface area (Å²) in [5, 5.41) is 4.28. The monoisotopic (exact) mass is 208 g/mol. The molecule has 0 amide bonds. The summed E-state index contributed by atoms with van der Waals surface area (Å²) in [7, 11) is 0. The van der Waals surface area contributed by atoms with Crippen molar-refractivity contribution in [2.75, 3.05) is 13.1 Å². The fourth-order valence-corrected chi connectivity index (χ4v) is 2.03. The van der Waals surface area contributed by atoms with Crippen LogP contribution in [0.5, 0.6) is 0 Å². The summed E-state index contributed by atoms with van der Waals surface area (Å²) < 4.78 is 1.98. The topological polar surface area (TPSA) is 47.1 Å². The zero-order valence-electron chi connectivity index (χ0n) is 9.39. The third kappa shape index (κ3) is 2.79. The molecule has 0 aromatic carbocycles. The lowest BCUT2D eigenvalue weighted by molar-refractivity contribution is 0.205. The minimum absolute atomic E-state index is 0.416. The Morgan fingerprint density at radius 2 is 2.20 bits per heavy atom. The van der Waals surface area contributed by atoms with E-state index in [1.54, 1.807) is 0 Å². The van der Waals surface area contributed by atoms with E-state index in [0.717, 1.165) is 39.0 Å². The third-order valence-electron chi connectivity index (χ3n) is 3.05. The second-order valence-electron chi connectivity index (χ2n) is 4.32. The first-order chi connectivity index (χ1) is 7.28. The lowest BCUT2D eigenvalue weighted by Gasteiger charge is -2.29. The first-order valence-electron chi connectivity index (χ1n) is 5.77. The van der Waals surface area contributed by atoms with Crippen molar-refractivity contribution in [3.8, 4) is 0 Å². The maximum Gasteiger partial charge on any atom is 0.0534 e. The van der Waals surface area contributed by atoms with Crippen LogP contribution >= 0.6 is 0 Å². The number of nitrogens with two attached hydrogens (primary N) is 1. The highest BCUT2D eigenvalue weighted by Gasteiger charge is 2.16. The predicted molar refractivity (Wildman–Crippen MR) is 60.4 cm³/mol. The Balaban J connectivity index is 1.86. The molecule has 1 aromatic rings. The largest absolute Gasteiger partial charge is 0.328 e. The molecule has 0 spiro atoms. The highest BCUT2D eigenvalue weighted by Crippen LogP contribution is 2.11. The standard InChI is InChI=1S/C11H20N4/c1-2-15-9-10(7-13-15)8-14-5-3-11(12)4-6-14/h7,9,11H,2-6,8,12H2,1H3. The van der Waals surface area contributed by atoms with Gasteiger partial charge >= 0.3 is 0 Å². The van der Waals surface area contributed by atoms with E-state index in [4.69, 9.17) is 5.73 Å². The van der Waals surface area contributed by atoms with Gasteiger partial charge in [0.2, 0.25) is 0 Å². The summed E-state index contributed by atoms with van der Waals surface area (Å²) in [6, 6.07) is 0.416. The van der Waals surface area contributed by atoms with Gasteiger partial charge in [-0.3, -0.25) is 9.58 Å². The van der Waals surface area contributed by atoms with Gasteiger partial charge in [0.05, 0.1) is 6.20 Å². The van der Waals surface area contributed by atoms with Crippen molar-refractivity contribution in [2.45, 2.75) is 38.9 Å². The molecular weight excluding hydrogens is 188 g/mol. The van der Waals surface area contributed by atoms with E-state index >= 15 is 0 Å². The van der Waals surface area contributed by atoms with Gasteiger partial charge in [-0.25, -0.2) is 0 Å². The van der Waals surface area contributed by atoms with Gasteiger partial charge in [0, 0.05) is 30.9 Å². The van der Waals surface area contributed by atoms with Crippen LogP contribution in [-0.2, 0) is 13.1 Å². The lowest BCUT2D eigenvalue weighted by Crippen LogP contribution is -2.39. The van der Waals surface area contributed by atoms with Crippen LogP contribution in [0.1, 0.15) is 25.3 Å². The average Bonchev–Trinajstić information content (AvgIpc) is 2.69. The molecule has 2 heterocycles. The summed E-state index contributed by atoms with van der Waals surface area (Å²) in [6.45, 7) is 6.32. The molecule has 4 nitrogen and oxygen atoms in total. The number of piperidine rings is 1. The molecule has 1 aliphatic heterocycles. The second-order valence-corrected chi connectivity index (χ2v) is 4.32. The third-order valence-corrected chi connectivity index (χ3v) is 3.05. The molecule has 0 atom stereocenters. The number of hydrogen-bond acceptors (Lipinski definition) is 3. The Hall–Kier alpha value is -0.870.